The normalized spacial score (nSPS) is 15.2. The number of benzene rings is 1. The summed E-state index contributed by atoms with van der Waals surface area (Å²) in [7, 11) is 1.91. The predicted octanol–water partition coefficient (Wildman–Crippen LogP) is 3.53. The summed E-state index contributed by atoms with van der Waals surface area (Å²) in [5.41, 5.74) is 10.6. The average molecular weight is 431 g/mol. The van der Waals surface area contributed by atoms with Gasteiger partial charge in [0.2, 0.25) is 4.96 Å². The summed E-state index contributed by atoms with van der Waals surface area (Å²) in [4.78, 5) is 5.41. The van der Waals surface area contributed by atoms with Crippen LogP contribution in [0.15, 0.2) is 42.9 Å². The molecule has 8 nitrogen and oxygen atoms in total. The lowest BCUT2D eigenvalue weighted by Gasteiger charge is -2.06. The van der Waals surface area contributed by atoms with Crippen LogP contribution in [0.2, 0.25) is 0 Å². The number of nitrogens with zero attached hydrogens (tertiary/aromatic N) is 7. The minimum Gasteiger partial charge on any atom is -0.322 e. The van der Waals surface area contributed by atoms with Gasteiger partial charge in [-0.15, -0.1) is 10.2 Å². The van der Waals surface area contributed by atoms with Crippen molar-refractivity contribution < 1.29 is 0 Å². The summed E-state index contributed by atoms with van der Waals surface area (Å²) in [5.74, 6) is 1.60. The SMILES string of the molecule is Cn1cc(-c2cnc3ccc(Cc4nnc5sc(C(N)CC6CC6)nn45)cc3c2)cn1. The Morgan fingerprint density at radius 1 is 1.16 bits per heavy atom. The molecular formula is C22H22N8S. The molecule has 0 radical (unpaired) electrons. The maximum atomic E-state index is 6.36. The molecule has 9 heteroatoms. The summed E-state index contributed by atoms with van der Waals surface area (Å²) in [5, 5.41) is 19.7. The number of pyridine rings is 1. The standard InChI is InChI=1S/C22H22N8S/c1-29-12-17(11-25-29)16-9-15-6-14(4-5-19(15)24-10-16)8-20-26-27-22-30(20)28-21(31-22)18(23)7-13-2-3-13/h4-6,9-13,18H,2-3,7-8,23H2,1H3. The van der Waals surface area contributed by atoms with Gasteiger partial charge < -0.3 is 5.73 Å². The van der Waals surface area contributed by atoms with Crippen LogP contribution in [0.25, 0.3) is 27.0 Å². The van der Waals surface area contributed by atoms with Crippen molar-refractivity contribution in [3.63, 3.8) is 0 Å². The van der Waals surface area contributed by atoms with E-state index in [1.54, 1.807) is 16.0 Å². The maximum Gasteiger partial charge on any atom is 0.234 e. The number of nitrogens with two attached hydrogens (primary N) is 1. The van der Waals surface area contributed by atoms with E-state index in [-0.39, 0.29) is 6.04 Å². The first kappa shape index (κ1) is 18.6. The number of aromatic nitrogens is 7. The monoisotopic (exact) mass is 430 g/mol. The van der Waals surface area contributed by atoms with Crippen LogP contribution in [0, 0.1) is 5.92 Å². The van der Waals surface area contributed by atoms with Crippen LogP contribution in [0.5, 0.6) is 0 Å². The molecule has 0 amide bonds. The molecule has 0 spiro atoms. The number of aryl methyl sites for hydroxylation is 1. The molecule has 1 aliphatic rings. The first-order valence-electron chi connectivity index (χ1n) is 10.5. The van der Waals surface area contributed by atoms with Gasteiger partial charge in [-0.3, -0.25) is 9.67 Å². The summed E-state index contributed by atoms with van der Waals surface area (Å²) in [6, 6.07) is 8.44. The molecule has 6 rings (SSSR count). The van der Waals surface area contributed by atoms with Gasteiger partial charge in [-0.25, -0.2) is 0 Å². The van der Waals surface area contributed by atoms with Crippen LogP contribution in [-0.2, 0) is 13.5 Å². The molecule has 1 aromatic carbocycles. The molecule has 31 heavy (non-hydrogen) atoms. The number of hydrogen-bond donors (Lipinski definition) is 1. The van der Waals surface area contributed by atoms with Crippen LogP contribution >= 0.6 is 11.3 Å². The number of hydrogen-bond acceptors (Lipinski definition) is 7. The minimum absolute atomic E-state index is 0.00955. The summed E-state index contributed by atoms with van der Waals surface area (Å²) < 4.78 is 3.65. The third kappa shape index (κ3) is 3.60. The van der Waals surface area contributed by atoms with Crippen molar-refractivity contribution in [3.8, 4) is 11.1 Å². The van der Waals surface area contributed by atoms with E-state index in [0.717, 1.165) is 55.7 Å². The molecule has 1 aliphatic carbocycles. The van der Waals surface area contributed by atoms with E-state index in [4.69, 9.17) is 10.8 Å². The molecule has 1 fully saturated rings. The van der Waals surface area contributed by atoms with E-state index in [1.165, 1.54) is 12.8 Å². The summed E-state index contributed by atoms with van der Waals surface area (Å²) in [6.07, 6.45) is 9.99. The highest BCUT2D eigenvalue weighted by Gasteiger charge is 2.26. The number of fused-ring (bicyclic) bond motifs is 2. The van der Waals surface area contributed by atoms with Gasteiger partial charge in [-0.2, -0.15) is 14.7 Å². The molecule has 4 heterocycles. The Morgan fingerprint density at radius 3 is 2.87 bits per heavy atom. The molecule has 4 aromatic heterocycles. The van der Waals surface area contributed by atoms with Crippen LogP contribution in [0.1, 0.15) is 41.7 Å². The van der Waals surface area contributed by atoms with Crippen LogP contribution < -0.4 is 5.73 Å². The minimum atomic E-state index is -0.00955. The van der Waals surface area contributed by atoms with Crippen molar-refractivity contribution in [1.29, 1.82) is 0 Å². The average Bonchev–Trinajstić information content (AvgIpc) is 3.15. The van der Waals surface area contributed by atoms with Gasteiger partial charge in [-0.05, 0) is 36.1 Å². The smallest absolute Gasteiger partial charge is 0.234 e. The van der Waals surface area contributed by atoms with E-state index in [2.05, 4.69) is 38.5 Å². The van der Waals surface area contributed by atoms with Gasteiger partial charge in [0.1, 0.15) is 5.01 Å². The Morgan fingerprint density at radius 2 is 2.06 bits per heavy atom. The van der Waals surface area contributed by atoms with E-state index < -0.39 is 0 Å². The fourth-order valence-electron chi connectivity index (χ4n) is 3.95. The topological polar surface area (TPSA) is 99.8 Å². The molecule has 5 aromatic rings. The highest BCUT2D eigenvalue weighted by atomic mass is 32.1. The summed E-state index contributed by atoms with van der Waals surface area (Å²) in [6.45, 7) is 0. The van der Waals surface area contributed by atoms with Gasteiger partial charge >= 0.3 is 0 Å². The molecule has 0 bridgehead atoms. The fourth-order valence-corrected chi connectivity index (χ4v) is 4.82. The molecular weight excluding hydrogens is 408 g/mol. The lowest BCUT2D eigenvalue weighted by molar-refractivity contribution is 0.585. The summed E-state index contributed by atoms with van der Waals surface area (Å²) >= 11 is 1.55. The predicted molar refractivity (Wildman–Crippen MR) is 120 cm³/mol. The van der Waals surface area contributed by atoms with Crippen molar-refractivity contribution in [2.45, 2.75) is 31.7 Å². The van der Waals surface area contributed by atoms with Crippen LogP contribution in [0.4, 0.5) is 0 Å². The zero-order valence-corrected chi connectivity index (χ0v) is 18.0. The van der Waals surface area contributed by atoms with E-state index >= 15 is 0 Å². The Bertz CT molecular complexity index is 1390. The van der Waals surface area contributed by atoms with Crippen LogP contribution in [0.3, 0.4) is 0 Å². The molecule has 1 unspecified atom stereocenters. The van der Waals surface area contributed by atoms with E-state index in [0.29, 0.717) is 6.42 Å². The molecule has 1 saturated carbocycles. The number of rotatable bonds is 6. The Balaban J connectivity index is 1.29. The van der Waals surface area contributed by atoms with Gasteiger partial charge in [0.05, 0.1) is 17.8 Å². The molecule has 1 atom stereocenters. The Kier molecular flexibility index (Phi) is 4.32. The highest BCUT2D eigenvalue weighted by molar-refractivity contribution is 7.16. The van der Waals surface area contributed by atoms with Crippen molar-refractivity contribution >= 4 is 27.2 Å². The van der Waals surface area contributed by atoms with E-state index in [9.17, 15) is 0 Å². The fraction of sp³-hybridized carbons (Fsp3) is 0.318. The van der Waals surface area contributed by atoms with Crippen LogP contribution in [-0.4, -0.2) is 34.6 Å². The molecule has 156 valence electrons. The highest BCUT2D eigenvalue weighted by Crippen LogP contribution is 2.37. The Hall–Kier alpha value is -3.17. The largest absolute Gasteiger partial charge is 0.322 e. The molecule has 0 saturated heterocycles. The third-order valence-corrected chi connectivity index (χ3v) is 6.85. The lowest BCUT2D eigenvalue weighted by atomic mass is 10.0. The second kappa shape index (κ2) is 7.21. The molecule has 0 aliphatic heterocycles. The first-order chi connectivity index (χ1) is 15.1. The van der Waals surface area contributed by atoms with E-state index in [1.807, 2.05) is 36.2 Å². The van der Waals surface area contributed by atoms with Gasteiger partial charge in [0.25, 0.3) is 0 Å². The lowest BCUT2D eigenvalue weighted by Crippen LogP contribution is -2.11. The van der Waals surface area contributed by atoms with Gasteiger partial charge in [0, 0.05) is 42.4 Å². The van der Waals surface area contributed by atoms with Crippen molar-refractivity contribution in [2.75, 3.05) is 0 Å². The van der Waals surface area contributed by atoms with Crippen molar-refractivity contribution in [1.82, 2.24) is 34.6 Å². The van der Waals surface area contributed by atoms with Crippen molar-refractivity contribution in [2.24, 2.45) is 18.7 Å². The van der Waals surface area contributed by atoms with Gasteiger partial charge in [-0.1, -0.05) is 30.2 Å². The quantitative estimate of drug-likeness (QED) is 0.442. The maximum absolute atomic E-state index is 6.36. The zero-order chi connectivity index (χ0) is 20.9. The first-order valence-corrected chi connectivity index (χ1v) is 11.3. The van der Waals surface area contributed by atoms with Gasteiger partial charge in [0.15, 0.2) is 5.82 Å². The zero-order valence-electron chi connectivity index (χ0n) is 17.1. The van der Waals surface area contributed by atoms with Crippen molar-refractivity contribution in [3.05, 3.63) is 59.3 Å². The molecule has 2 N–H and O–H groups in total. The second-order valence-corrected chi connectivity index (χ2v) is 9.35. The third-order valence-electron chi connectivity index (χ3n) is 5.82. The Labute approximate surface area is 182 Å². The second-order valence-electron chi connectivity index (χ2n) is 8.37.